The number of nitrogens with two attached hydrogens (primary N) is 1. The number of ether oxygens (including phenoxy) is 1. The molecule has 2 N–H and O–H groups in total. The molecule has 5 heteroatoms. The monoisotopic (exact) mass is 388 g/mol. The lowest BCUT2D eigenvalue weighted by Crippen LogP contribution is -2.57. The van der Waals surface area contributed by atoms with E-state index in [2.05, 4.69) is 72.2 Å². The molecule has 3 aromatic rings. The van der Waals surface area contributed by atoms with Crippen LogP contribution < -0.4 is 20.4 Å². The Morgan fingerprint density at radius 1 is 0.690 bits per heavy atom. The van der Waals surface area contributed by atoms with Crippen molar-refractivity contribution in [2.24, 2.45) is 5.84 Å². The quantitative estimate of drug-likeness (QED) is 0.625. The van der Waals surface area contributed by atoms with Crippen LogP contribution in [0.3, 0.4) is 0 Å². The summed E-state index contributed by atoms with van der Waals surface area (Å²) < 4.78 is 6.00. The summed E-state index contributed by atoms with van der Waals surface area (Å²) in [6, 6.07) is 26.8. The Kier molecular flexibility index (Phi) is 5.69. The van der Waals surface area contributed by atoms with Crippen LogP contribution in [-0.4, -0.2) is 25.0 Å². The van der Waals surface area contributed by atoms with Gasteiger partial charge in [0.05, 0.1) is 20.0 Å². The minimum absolute atomic E-state index is 0.519. The summed E-state index contributed by atoms with van der Waals surface area (Å²) in [7, 11) is 0. The number of hydrazine groups is 1. The number of para-hydroxylation sites is 1. The van der Waals surface area contributed by atoms with E-state index in [1.165, 1.54) is 5.56 Å². The van der Waals surface area contributed by atoms with Gasteiger partial charge in [0.25, 0.3) is 0 Å². The Labute approximate surface area is 172 Å². The number of nitrogens with zero attached hydrogens (tertiary/aromatic N) is 3. The Morgan fingerprint density at radius 3 is 1.76 bits per heavy atom. The Morgan fingerprint density at radius 2 is 1.21 bits per heavy atom. The van der Waals surface area contributed by atoms with E-state index >= 15 is 0 Å². The van der Waals surface area contributed by atoms with Crippen molar-refractivity contribution in [3.8, 4) is 11.5 Å². The molecule has 4 rings (SSSR count). The molecule has 3 aromatic carbocycles. The molecule has 0 atom stereocenters. The van der Waals surface area contributed by atoms with Crippen LogP contribution in [0.5, 0.6) is 11.5 Å². The second kappa shape index (κ2) is 8.55. The number of benzene rings is 3. The zero-order valence-corrected chi connectivity index (χ0v) is 17.0. The van der Waals surface area contributed by atoms with E-state index in [0.717, 1.165) is 29.5 Å². The Balaban J connectivity index is 1.44. The van der Waals surface area contributed by atoms with Gasteiger partial charge < -0.3 is 14.5 Å². The number of anilines is 2. The first-order valence-corrected chi connectivity index (χ1v) is 10.0. The Hall–Kier alpha value is -3.02. The normalized spacial score (nSPS) is 15.0. The Bertz CT molecular complexity index is 910. The minimum atomic E-state index is 0.519. The standard InChI is InChI=1S/C24H28N4O/c1-19(2)20-8-12-23(13-9-20)29-24-14-10-22(11-15-24)27-16-26(17-28(25)18-27)21-6-4-3-5-7-21/h3-15,19H,16-18,25H2,1-2H3. The molecule has 1 aliphatic heterocycles. The molecule has 0 saturated carbocycles. The molecule has 29 heavy (non-hydrogen) atoms. The van der Waals surface area contributed by atoms with Crippen LogP contribution in [0.15, 0.2) is 78.9 Å². The first kappa shape index (κ1) is 19.3. The average molecular weight is 389 g/mol. The van der Waals surface area contributed by atoms with E-state index in [-0.39, 0.29) is 0 Å². The number of hydrogen-bond acceptors (Lipinski definition) is 5. The maximum atomic E-state index is 6.18. The maximum Gasteiger partial charge on any atom is 0.127 e. The van der Waals surface area contributed by atoms with Gasteiger partial charge in [0, 0.05) is 11.4 Å². The van der Waals surface area contributed by atoms with E-state index in [1.54, 1.807) is 0 Å². The first-order chi connectivity index (χ1) is 14.1. The summed E-state index contributed by atoms with van der Waals surface area (Å²) in [5.74, 6) is 8.38. The fraction of sp³-hybridized carbons (Fsp3) is 0.250. The highest BCUT2D eigenvalue weighted by Gasteiger charge is 2.22. The predicted molar refractivity (Wildman–Crippen MR) is 119 cm³/mol. The zero-order chi connectivity index (χ0) is 20.2. The van der Waals surface area contributed by atoms with Gasteiger partial charge in [0.2, 0.25) is 0 Å². The molecule has 5 nitrogen and oxygen atoms in total. The summed E-state index contributed by atoms with van der Waals surface area (Å²) in [6.07, 6.45) is 0. The van der Waals surface area contributed by atoms with E-state index in [9.17, 15) is 0 Å². The molecule has 1 fully saturated rings. The third-order valence-electron chi connectivity index (χ3n) is 5.15. The molecule has 0 spiro atoms. The van der Waals surface area contributed by atoms with E-state index < -0.39 is 0 Å². The SMILES string of the molecule is CC(C)c1ccc(Oc2ccc(N3CN(N)CN(c4ccccc4)C3)cc2)cc1. The summed E-state index contributed by atoms with van der Waals surface area (Å²) >= 11 is 0. The van der Waals surface area contributed by atoms with Crippen molar-refractivity contribution in [1.29, 1.82) is 0 Å². The molecule has 0 unspecified atom stereocenters. The van der Waals surface area contributed by atoms with Crippen LogP contribution in [0.1, 0.15) is 25.3 Å². The lowest BCUT2D eigenvalue weighted by atomic mass is 10.0. The smallest absolute Gasteiger partial charge is 0.127 e. The van der Waals surface area contributed by atoms with Crippen LogP contribution in [-0.2, 0) is 0 Å². The van der Waals surface area contributed by atoms with Crippen molar-refractivity contribution < 1.29 is 4.74 Å². The molecular weight excluding hydrogens is 360 g/mol. The molecule has 0 bridgehead atoms. The van der Waals surface area contributed by atoms with E-state index in [0.29, 0.717) is 19.3 Å². The summed E-state index contributed by atoms with van der Waals surface area (Å²) in [4.78, 5) is 4.50. The van der Waals surface area contributed by atoms with Crippen LogP contribution in [0.25, 0.3) is 0 Å². The van der Waals surface area contributed by atoms with Gasteiger partial charge in [-0.25, -0.2) is 5.01 Å². The van der Waals surface area contributed by atoms with Gasteiger partial charge in [0.15, 0.2) is 0 Å². The number of hydrogen-bond donors (Lipinski definition) is 1. The predicted octanol–water partition coefficient (Wildman–Crippen LogP) is 4.98. The summed E-state index contributed by atoms with van der Waals surface area (Å²) in [5, 5.41) is 1.82. The molecule has 150 valence electrons. The van der Waals surface area contributed by atoms with Gasteiger partial charge in [-0.05, 0) is 60.0 Å². The van der Waals surface area contributed by atoms with E-state index in [4.69, 9.17) is 10.6 Å². The van der Waals surface area contributed by atoms with Gasteiger partial charge in [-0.1, -0.05) is 44.2 Å². The average Bonchev–Trinajstić information content (AvgIpc) is 2.75. The molecular formula is C24H28N4O. The highest BCUT2D eigenvalue weighted by molar-refractivity contribution is 5.54. The van der Waals surface area contributed by atoms with Crippen LogP contribution in [0.2, 0.25) is 0 Å². The summed E-state index contributed by atoms with van der Waals surface area (Å²) in [5.41, 5.74) is 3.59. The van der Waals surface area contributed by atoms with Crippen molar-refractivity contribution in [1.82, 2.24) is 5.01 Å². The second-order valence-electron chi connectivity index (χ2n) is 7.75. The lowest BCUT2D eigenvalue weighted by Gasteiger charge is -2.42. The molecule has 0 aromatic heterocycles. The van der Waals surface area contributed by atoms with Crippen LogP contribution in [0, 0.1) is 0 Å². The molecule has 0 amide bonds. The van der Waals surface area contributed by atoms with Gasteiger partial charge in [-0.15, -0.1) is 0 Å². The van der Waals surface area contributed by atoms with Crippen molar-refractivity contribution in [3.63, 3.8) is 0 Å². The van der Waals surface area contributed by atoms with E-state index in [1.807, 2.05) is 35.3 Å². The van der Waals surface area contributed by atoms with Crippen molar-refractivity contribution in [2.75, 3.05) is 29.8 Å². The van der Waals surface area contributed by atoms with Gasteiger partial charge in [-0.2, -0.15) is 0 Å². The molecule has 1 aliphatic rings. The highest BCUT2D eigenvalue weighted by atomic mass is 16.5. The van der Waals surface area contributed by atoms with Crippen LogP contribution >= 0.6 is 0 Å². The first-order valence-electron chi connectivity index (χ1n) is 10.0. The van der Waals surface area contributed by atoms with Gasteiger partial charge in [-0.3, -0.25) is 5.84 Å². The third kappa shape index (κ3) is 4.70. The van der Waals surface area contributed by atoms with Crippen LogP contribution in [0.4, 0.5) is 11.4 Å². The topological polar surface area (TPSA) is 45.0 Å². The van der Waals surface area contributed by atoms with Crippen molar-refractivity contribution in [3.05, 3.63) is 84.4 Å². The van der Waals surface area contributed by atoms with Gasteiger partial charge in [0.1, 0.15) is 11.5 Å². The fourth-order valence-corrected chi connectivity index (χ4v) is 3.53. The minimum Gasteiger partial charge on any atom is -0.457 e. The van der Waals surface area contributed by atoms with Gasteiger partial charge >= 0.3 is 0 Å². The molecule has 1 saturated heterocycles. The highest BCUT2D eigenvalue weighted by Crippen LogP contribution is 2.27. The maximum absolute atomic E-state index is 6.18. The molecule has 0 radical (unpaired) electrons. The zero-order valence-electron chi connectivity index (χ0n) is 17.0. The third-order valence-corrected chi connectivity index (χ3v) is 5.15. The fourth-order valence-electron chi connectivity index (χ4n) is 3.53. The van der Waals surface area contributed by atoms with Crippen molar-refractivity contribution in [2.45, 2.75) is 19.8 Å². The van der Waals surface area contributed by atoms with Crippen molar-refractivity contribution >= 4 is 11.4 Å². The summed E-state index contributed by atoms with van der Waals surface area (Å²) in [6.45, 7) is 6.55. The molecule has 1 heterocycles. The second-order valence-corrected chi connectivity index (χ2v) is 7.75. The lowest BCUT2D eigenvalue weighted by molar-refractivity contribution is 0.249. The largest absolute Gasteiger partial charge is 0.457 e. The molecule has 0 aliphatic carbocycles. The number of rotatable bonds is 5.